The molecule has 0 saturated heterocycles. The highest BCUT2D eigenvalue weighted by atomic mass is 16.5. The average molecular weight is 366 g/mol. The first kappa shape index (κ1) is 19.0. The van der Waals surface area contributed by atoms with Crippen LogP contribution in [0.4, 0.5) is 5.69 Å². The number of nitrogens with one attached hydrogen (secondary N) is 1. The molecule has 0 aromatic heterocycles. The minimum absolute atomic E-state index is 0.0554. The quantitative estimate of drug-likeness (QED) is 0.837. The van der Waals surface area contributed by atoms with Gasteiger partial charge in [-0.05, 0) is 37.1 Å². The Bertz CT molecular complexity index is 770. The molecule has 1 saturated carbocycles. The largest absolute Gasteiger partial charge is 0.483 e. The van der Waals surface area contributed by atoms with Gasteiger partial charge in [-0.1, -0.05) is 49.6 Å². The molecule has 1 aliphatic carbocycles. The maximum absolute atomic E-state index is 12.6. The molecule has 2 aromatic carbocycles. The maximum Gasteiger partial charge on any atom is 0.260 e. The van der Waals surface area contributed by atoms with Crippen LogP contribution in [0.1, 0.15) is 42.5 Å². The van der Waals surface area contributed by atoms with Crippen LogP contribution in [0.5, 0.6) is 5.75 Å². The molecule has 0 radical (unpaired) electrons. The fourth-order valence-electron chi connectivity index (χ4n) is 3.41. The van der Waals surface area contributed by atoms with Crippen molar-refractivity contribution in [3.8, 4) is 5.75 Å². The second-order valence-electron chi connectivity index (χ2n) is 6.90. The van der Waals surface area contributed by atoms with Crippen LogP contribution in [0.25, 0.3) is 0 Å². The molecule has 5 heteroatoms. The molecule has 0 bridgehead atoms. The molecule has 0 atom stereocenters. The van der Waals surface area contributed by atoms with Gasteiger partial charge in [0.05, 0.1) is 5.56 Å². The second-order valence-corrected chi connectivity index (χ2v) is 6.90. The Morgan fingerprint density at radius 2 is 1.67 bits per heavy atom. The Hall–Kier alpha value is -2.82. The summed E-state index contributed by atoms with van der Waals surface area (Å²) < 4.78 is 5.72. The van der Waals surface area contributed by atoms with Crippen LogP contribution in [0.15, 0.2) is 54.6 Å². The molecule has 0 heterocycles. The lowest BCUT2D eigenvalue weighted by atomic mass is 9.94. The van der Waals surface area contributed by atoms with Gasteiger partial charge in [0, 0.05) is 18.8 Å². The average Bonchev–Trinajstić information content (AvgIpc) is 2.73. The molecule has 142 valence electrons. The zero-order chi connectivity index (χ0) is 19.1. The van der Waals surface area contributed by atoms with Crippen LogP contribution < -0.4 is 10.1 Å². The van der Waals surface area contributed by atoms with E-state index in [1.807, 2.05) is 37.4 Å². The SMILES string of the molecule is CN(C(=O)COc1ccccc1C(=O)Nc1ccccc1)C1CCCCC1. The molecule has 2 aromatic rings. The van der Waals surface area contributed by atoms with Gasteiger partial charge in [0.2, 0.25) is 0 Å². The molecule has 3 rings (SSSR count). The number of nitrogens with zero attached hydrogens (tertiary/aromatic N) is 1. The fourth-order valence-corrected chi connectivity index (χ4v) is 3.41. The van der Waals surface area contributed by atoms with Crippen molar-refractivity contribution in [3.05, 3.63) is 60.2 Å². The van der Waals surface area contributed by atoms with Gasteiger partial charge in [0.1, 0.15) is 5.75 Å². The molecule has 1 aliphatic rings. The minimum Gasteiger partial charge on any atom is -0.483 e. The van der Waals surface area contributed by atoms with Gasteiger partial charge in [-0.15, -0.1) is 0 Å². The predicted molar refractivity (Wildman–Crippen MR) is 106 cm³/mol. The second kappa shape index (κ2) is 9.21. The van der Waals surface area contributed by atoms with E-state index in [9.17, 15) is 9.59 Å². The summed E-state index contributed by atoms with van der Waals surface area (Å²) in [6, 6.07) is 16.5. The van der Waals surface area contributed by atoms with E-state index in [1.54, 1.807) is 29.2 Å². The third kappa shape index (κ3) is 5.09. The lowest BCUT2D eigenvalue weighted by molar-refractivity contribution is -0.134. The highest BCUT2D eigenvalue weighted by Gasteiger charge is 2.22. The first-order valence-corrected chi connectivity index (χ1v) is 9.49. The molecule has 1 N–H and O–H groups in total. The Balaban J connectivity index is 1.62. The van der Waals surface area contributed by atoms with E-state index in [0.29, 0.717) is 23.0 Å². The first-order chi connectivity index (χ1) is 13.1. The van der Waals surface area contributed by atoms with Gasteiger partial charge in [-0.3, -0.25) is 9.59 Å². The fraction of sp³-hybridized carbons (Fsp3) is 0.364. The highest BCUT2D eigenvalue weighted by Crippen LogP contribution is 2.23. The Morgan fingerprint density at radius 1 is 1.00 bits per heavy atom. The molecule has 0 aliphatic heterocycles. The summed E-state index contributed by atoms with van der Waals surface area (Å²) in [4.78, 5) is 26.9. The summed E-state index contributed by atoms with van der Waals surface area (Å²) in [6.45, 7) is -0.0668. The van der Waals surface area contributed by atoms with Crippen LogP contribution >= 0.6 is 0 Å². The normalized spacial score (nSPS) is 14.4. The van der Waals surface area contributed by atoms with Crippen molar-refractivity contribution >= 4 is 17.5 Å². The van der Waals surface area contributed by atoms with E-state index in [0.717, 1.165) is 12.8 Å². The van der Waals surface area contributed by atoms with Crippen molar-refractivity contribution < 1.29 is 14.3 Å². The smallest absolute Gasteiger partial charge is 0.260 e. The van der Waals surface area contributed by atoms with E-state index < -0.39 is 0 Å². The van der Waals surface area contributed by atoms with Crippen molar-refractivity contribution in [2.45, 2.75) is 38.1 Å². The molecular formula is C22H26N2O3. The number of hydrogen-bond acceptors (Lipinski definition) is 3. The van der Waals surface area contributed by atoms with Gasteiger partial charge in [0.25, 0.3) is 11.8 Å². The lowest BCUT2D eigenvalue weighted by Gasteiger charge is -2.31. The zero-order valence-electron chi connectivity index (χ0n) is 15.7. The predicted octanol–water partition coefficient (Wildman–Crippen LogP) is 4.11. The van der Waals surface area contributed by atoms with E-state index >= 15 is 0 Å². The summed E-state index contributed by atoms with van der Waals surface area (Å²) >= 11 is 0. The minimum atomic E-state index is -0.259. The van der Waals surface area contributed by atoms with Gasteiger partial charge in [-0.25, -0.2) is 0 Å². The summed E-state index contributed by atoms with van der Waals surface area (Å²) in [5.74, 6) is 0.0985. The van der Waals surface area contributed by atoms with Crippen molar-refractivity contribution in [2.75, 3.05) is 19.0 Å². The highest BCUT2D eigenvalue weighted by molar-refractivity contribution is 6.06. The first-order valence-electron chi connectivity index (χ1n) is 9.49. The van der Waals surface area contributed by atoms with Gasteiger partial charge in [-0.2, -0.15) is 0 Å². The summed E-state index contributed by atoms with van der Waals surface area (Å²) in [5, 5.41) is 2.85. The van der Waals surface area contributed by atoms with E-state index in [1.165, 1.54) is 19.3 Å². The number of ether oxygens (including phenoxy) is 1. The Kier molecular flexibility index (Phi) is 6.47. The maximum atomic E-state index is 12.6. The van der Waals surface area contributed by atoms with Crippen LogP contribution in [-0.2, 0) is 4.79 Å². The Labute approximate surface area is 160 Å². The number of carbonyl (C=O) groups is 2. The van der Waals surface area contributed by atoms with Gasteiger partial charge in [0.15, 0.2) is 6.61 Å². The van der Waals surface area contributed by atoms with Crippen molar-refractivity contribution in [1.29, 1.82) is 0 Å². The third-order valence-corrected chi connectivity index (χ3v) is 5.03. The molecule has 1 fully saturated rings. The summed E-state index contributed by atoms with van der Waals surface area (Å²) in [7, 11) is 1.84. The molecule has 27 heavy (non-hydrogen) atoms. The van der Waals surface area contributed by atoms with Crippen LogP contribution in [0.3, 0.4) is 0 Å². The number of likely N-dealkylation sites (N-methyl/N-ethyl adjacent to an activating group) is 1. The van der Waals surface area contributed by atoms with E-state index in [-0.39, 0.29) is 18.4 Å². The molecule has 0 unspecified atom stereocenters. The molecular weight excluding hydrogens is 340 g/mol. The topological polar surface area (TPSA) is 58.6 Å². The molecule has 5 nitrogen and oxygen atoms in total. The third-order valence-electron chi connectivity index (χ3n) is 5.03. The van der Waals surface area contributed by atoms with Crippen molar-refractivity contribution in [2.24, 2.45) is 0 Å². The lowest BCUT2D eigenvalue weighted by Crippen LogP contribution is -2.40. The number of anilines is 1. The van der Waals surface area contributed by atoms with Gasteiger partial charge < -0.3 is 15.0 Å². The number of para-hydroxylation sites is 2. The van der Waals surface area contributed by atoms with Crippen LogP contribution in [0.2, 0.25) is 0 Å². The monoisotopic (exact) mass is 366 g/mol. The van der Waals surface area contributed by atoms with Crippen LogP contribution in [0, 0.1) is 0 Å². The number of rotatable bonds is 6. The van der Waals surface area contributed by atoms with E-state index in [2.05, 4.69) is 5.32 Å². The van der Waals surface area contributed by atoms with Crippen molar-refractivity contribution in [1.82, 2.24) is 4.90 Å². The summed E-state index contributed by atoms with van der Waals surface area (Å²) in [5.41, 5.74) is 1.12. The standard InChI is InChI=1S/C22H26N2O3/c1-24(18-12-6-3-7-13-18)21(25)16-27-20-15-9-8-14-19(20)22(26)23-17-10-4-2-5-11-17/h2,4-5,8-11,14-15,18H,3,6-7,12-13,16H2,1H3,(H,23,26). The van der Waals surface area contributed by atoms with Crippen molar-refractivity contribution in [3.63, 3.8) is 0 Å². The van der Waals surface area contributed by atoms with Gasteiger partial charge >= 0.3 is 0 Å². The molecule has 2 amide bonds. The van der Waals surface area contributed by atoms with Crippen LogP contribution in [-0.4, -0.2) is 36.4 Å². The summed E-state index contributed by atoms with van der Waals surface area (Å²) in [6.07, 6.45) is 5.70. The zero-order valence-corrected chi connectivity index (χ0v) is 15.7. The Morgan fingerprint density at radius 3 is 2.41 bits per heavy atom. The molecule has 0 spiro atoms. The van der Waals surface area contributed by atoms with E-state index in [4.69, 9.17) is 4.74 Å². The number of amides is 2. The number of carbonyl (C=O) groups excluding carboxylic acids is 2. The number of hydrogen-bond donors (Lipinski definition) is 1. The number of benzene rings is 2.